The van der Waals surface area contributed by atoms with Crippen LogP contribution in [-0.4, -0.2) is 60.8 Å². The number of thioether (sulfide) groups is 1. The predicted molar refractivity (Wildman–Crippen MR) is 93.6 cm³/mol. The number of rotatable bonds is 4. The Morgan fingerprint density at radius 1 is 1.32 bits per heavy atom. The quantitative estimate of drug-likeness (QED) is 0.652. The molecule has 0 amide bonds. The molecule has 1 aromatic carbocycles. The van der Waals surface area contributed by atoms with Crippen LogP contribution in [0, 0.1) is 0 Å². The smallest absolute Gasteiger partial charge is 0.193 e. The molecule has 0 aliphatic carbocycles. The van der Waals surface area contributed by atoms with Crippen molar-refractivity contribution in [1.82, 2.24) is 4.90 Å². The number of guanidine groups is 1. The summed E-state index contributed by atoms with van der Waals surface area (Å²) < 4.78 is 5.49. The summed E-state index contributed by atoms with van der Waals surface area (Å²) in [5.74, 6) is 2.84. The molecule has 6 heteroatoms. The summed E-state index contributed by atoms with van der Waals surface area (Å²) in [5.41, 5.74) is 7.19. The molecular weight excluding hydrogens is 296 g/mol. The Hall–Kier alpha value is -1.24. The van der Waals surface area contributed by atoms with Gasteiger partial charge in [0.05, 0.1) is 25.3 Å². The maximum Gasteiger partial charge on any atom is 0.193 e. The van der Waals surface area contributed by atoms with Crippen LogP contribution in [0.25, 0.3) is 0 Å². The van der Waals surface area contributed by atoms with Gasteiger partial charge < -0.3 is 15.8 Å². The minimum atomic E-state index is 0.150. The molecule has 2 aliphatic heterocycles. The molecule has 0 radical (unpaired) electrons. The van der Waals surface area contributed by atoms with Crippen LogP contribution >= 0.6 is 11.8 Å². The second-order valence-corrected chi connectivity index (χ2v) is 6.92. The van der Waals surface area contributed by atoms with E-state index in [1.165, 1.54) is 12.2 Å². The van der Waals surface area contributed by atoms with Gasteiger partial charge in [-0.15, -0.1) is 0 Å². The Kier molecular flexibility index (Phi) is 5.23. The molecule has 5 nitrogen and oxygen atoms in total. The molecule has 0 aromatic heterocycles. The number of aliphatic imine (C=N–C) groups is 1. The van der Waals surface area contributed by atoms with Gasteiger partial charge in [0, 0.05) is 24.5 Å². The SMILES string of the molecule is NC(=NCC1(N2CCOCC2)CCSC1)Nc1ccccc1. The van der Waals surface area contributed by atoms with E-state index in [4.69, 9.17) is 10.5 Å². The van der Waals surface area contributed by atoms with E-state index >= 15 is 0 Å². The zero-order chi connectivity index (χ0) is 15.3. The lowest BCUT2D eigenvalue weighted by molar-refractivity contribution is -0.0104. The Labute approximate surface area is 136 Å². The first-order valence-corrected chi connectivity index (χ1v) is 8.97. The molecule has 1 unspecified atom stereocenters. The molecule has 1 aromatic rings. The fraction of sp³-hybridized carbons (Fsp3) is 0.562. The third-order valence-electron chi connectivity index (χ3n) is 4.35. The van der Waals surface area contributed by atoms with Crippen molar-refractivity contribution in [2.45, 2.75) is 12.0 Å². The number of morpholine rings is 1. The topological polar surface area (TPSA) is 62.9 Å². The summed E-state index contributed by atoms with van der Waals surface area (Å²) >= 11 is 2.02. The van der Waals surface area contributed by atoms with Crippen molar-refractivity contribution in [3.63, 3.8) is 0 Å². The molecule has 2 fully saturated rings. The average molecular weight is 320 g/mol. The highest BCUT2D eigenvalue weighted by Gasteiger charge is 2.40. The molecule has 22 heavy (non-hydrogen) atoms. The Bertz CT molecular complexity index is 496. The van der Waals surface area contributed by atoms with E-state index in [0.29, 0.717) is 5.96 Å². The van der Waals surface area contributed by atoms with Crippen molar-refractivity contribution in [2.24, 2.45) is 10.7 Å². The van der Waals surface area contributed by atoms with Gasteiger partial charge in [-0.3, -0.25) is 9.89 Å². The summed E-state index contributed by atoms with van der Waals surface area (Å²) in [5, 5.41) is 3.16. The van der Waals surface area contributed by atoms with Crippen LogP contribution in [0.4, 0.5) is 5.69 Å². The van der Waals surface area contributed by atoms with Crippen LogP contribution in [0.15, 0.2) is 35.3 Å². The van der Waals surface area contributed by atoms with Gasteiger partial charge in [-0.1, -0.05) is 18.2 Å². The number of nitrogens with two attached hydrogens (primary N) is 1. The van der Waals surface area contributed by atoms with E-state index in [0.717, 1.165) is 44.3 Å². The number of hydrogen-bond donors (Lipinski definition) is 2. The first kappa shape index (κ1) is 15.6. The third-order valence-corrected chi connectivity index (χ3v) is 5.59. The summed E-state index contributed by atoms with van der Waals surface area (Å²) in [7, 11) is 0. The van der Waals surface area contributed by atoms with Crippen LogP contribution in [0.1, 0.15) is 6.42 Å². The molecule has 3 N–H and O–H groups in total. The molecule has 120 valence electrons. The molecule has 2 saturated heterocycles. The largest absolute Gasteiger partial charge is 0.379 e. The van der Waals surface area contributed by atoms with Crippen molar-refractivity contribution >= 4 is 23.4 Å². The first-order valence-electron chi connectivity index (χ1n) is 7.81. The Morgan fingerprint density at radius 2 is 2.09 bits per heavy atom. The van der Waals surface area contributed by atoms with Gasteiger partial charge in [0.1, 0.15) is 0 Å². The molecule has 2 aliphatic rings. The highest BCUT2D eigenvalue weighted by Crippen LogP contribution is 2.34. The fourth-order valence-corrected chi connectivity index (χ4v) is 4.52. The van der Waals surface area contributed by atoms with Gasteiger partial charge in [0.15, 0.2) is 5.96 Å². The van der Waals surface area contributed by atoms with Crippen molar-refractivity contribution < 1.29 is 4.74 Å². The van der Waals surface area contributed by atoms with E-state index in [1.807, 2.05) is 42.1 Å². The maximum atomic E-state index is 6.06. The zero-order valence-electron chi connectivity index (χ0n) is 12.8. The molecular formula is C16H24N4OS. The summed E-state index contributed by atoms with van der Waals surface area (Å²) in [6, 6.07) is 9.94. The number of para-hydroxylation sites is 1. The highest BCUT2D eigenvalue weighted by molar-refractivity contribution is 7.99. The van der Waals surface area contributed by atoms with E-state index < -0.39 is 0 Å². The molecule has 3 rings (SSSR count). The number of anilines is 1. The van der Waals surface area contributed by atoms with E-state index in [-0.39, 0.29) is 5.54 Å². The number of benzene rings is 1. The third kappa shape index (κ3) is 3.74. The zero-order valence-corrected chi connectivity index (χ0v) is 13.6. The van der Waals surface area contributed by atoms with Crippen molar-refractivity contribution in [3.05, 3.63) is 30.3 Å². The highest BCUT2D eigenvalue weighted by atomic mass is 32.2. The van der Waals surface area contributed by atoms with Gasteiger partial charge >= 0.3 is 0 Å². The lowest BCUT2D eigenvalue weighted by Gasteiger charge is -2.42. The van der Waals surface area contributed by atoms with Gasteiger partial charge in [-0.2, -0.15) is 11.8 Å². The standard InChI is InChI=1S/C16H24N4OS/c17-15(19-14-4-2-1-3-5-14)18-12-16(6-11-22-13-16)20-7-9-21-10-8-20/h1-5H,6-13H2,(H3,17,18,19). The summed E-state index contributed by atoms with van der Waals surface area (Å²) in [6.07, 6.45) is 1.18. The fourth-order valence-electron chi connectivity index (χ4n) is 3.05. The van der Waals surface area contributed by atoms with E-state index in [9.17, 15) is 0 Å². The lowest BCUT2D eigenvalue weighted by Crippen LogP contribution is -2.56. The molecule has 1 atom stereocenters. The van der Waals surface area contributed by atoms with Crippen molar-refractivity contribution in [2.75, 3.05) is 49.7 Å². The summed E-state index contributed by atoms with van der Waals surface area (Å²) in [4.78, 5) is 7.19. The van der Waals surface area contributed by atoms with Crippen LogP contribution in [0.2, 0.25) is 0 Å². The van der Waals surface area contributed by atoms with E-state index in [2.05, 4.69) is 15.2 Å². The van der Waals surface area contributed by atoms with Crippen molar-refractivity contribution in [3.8, 4) is 0 Å². The first-order chi connectivity index (χ1) is 10.8. The van der Waals surface area contributed by atoms with Gasteiger partial charge in [-0.05, 0) is 24.3 Å². The molecule has 0 bridgehead atoms. The molecule has 2 heterocycles. The van der Waals surface area contributed by atoms with Crippen LogP contribution in [-0.2, 0) is 4.74 Å². The minimum Gasteiger partial charge on any atom is -0.379 e. The second kappa shape index (κ2) is 7.35. The normalized spacial score (nSPS) is 27.0. The Balaban J connectivity index is 1.64. The van der Waals surface area contributed by atoms with Gasteiger partial charge in [-0.25, -0.2) is 0 Å². The monoisotopic (exact) mass is 320 g/mol. The predicted octanol–water partition coefficient (Wildman–Crippen LogP) is 1.62. The van der Waals surface area contributed by atoms with Crippen molar-refractivity contribution in [1.29, 1.82) is 0 Å². The molecule has 0 saturated carbocycles. The van der Waals surface area contributed by atoms with Gasteiger partial charge in [0.25, 0.3) is 0 Å². The second-order valence-electron chi connectivity index (χ2n) is 5.82. The number of nitrogens with one attached hydrogen (secondary N) is 1. The average Bonchev–Trinajstić information content (AvgIpc) is 3.05. The minimum absolute atomic E-state index is 0.150. The van der Waals surface area contributed by atoms with Crippen LogP contribution < -0.4 is 11.1 Å². The van der Waals surface area contributed by atoms with E-state index in [1.54, 1.807) is 0 Å². The lowest BCUT2D eigenvalue weighted by atomic mass is 9.96. The summed E-state index contributed by atoms with van der Waals surface area (Å²) in [6.45, 7) is 4.41. The maximum absolute atomic E-state index is 6.06. The number of ether oxygens (including phenoxy) is 1. The van der Waals surface area contributed by atoms with Gasteiger partial charge in [0.2, 0.25) is 0 Å². The van der Waals surface area contributed by atoms with Crippen LogP contribution in [0.5, 0.6) is 0 Å². The number of hydrogen-bond acceptors (Lipinski definition) is 4. The molecule has 0 spiro atoms. The van der Waals surface area contributed by atoms with Crippen LogP contribution in [0.3, 0.4) is 0 Å². The number of nitrogens with zero attached hydrogens (tertiary/aromatic N) is 2. The Morgan fingerprint density at radius 3 is 2.77 bits per heavy atom.